The van der Waals surface area contributed by atoms with E-state index < -0.39 is 0 Å². The quantitative estimate of drug-likeness (QED) is 0.776. The van der Waals surface area contributed by atoms with Gasteiger partial charge in [-0.05, 0) is 0 Å². The number of halogens is 1. The summed E-state index contributed by atoms with van der Waals surface area (Å²) in [5, 5.41) is 0. The predicted molar refractivity (Wildman–Crippen MR) is 60.4 cm³/mol. The minimum absolute atomic E-state index is 0. The van der Waals surface area contributed by atoms with Crippen LogP contribution in [0, 0.1) is 0 Å². The van der Waals surface area contributed by atoms with E-state index in [9.17, 15) is 0 Å². The standard InChI is InChI=1S/C12H13O.ClH.Zr/c1-12(13,10-6-2-3-7-10)11-8-4-5-9-11;;/h2-6,8H,7,9H2,1H3;1H;/q-1;;+1. The molecule has 0 amide bonds. The third kappa shape index (κ3) is 2.44. The summed E-state index contributed by atoms with van der Waals surface area (Å²) in [5.74, 6) is 0. The summed E-state index contributed by atoms with van der Waals surface area (Å²) in [7, 11) is 0. The first-order valence-electron chi connectivity index (χ1n) is 4.84. The number of hydrogen-bond donors (Lipinski definition) is 0. The van der Waals surface area contributed by atoms with E-state index in [1.807, 2.05) is 0 Å². The van der Waals surface area contributed by atoms with Crippen LogP contribution in [0.2, 0.25) is 0 Å². The third-order valence-corrected chi connectivity index (χ3v) is 3.98. The second-order valence-corrected chi connectivity index (χ2v) is 4.29. The van der Waals surface area contributed by atoms with E-state index in [1.54, 1.807) is 0 Å². The van der Waals surface area contributed by atoms with Crippen LogP contribution < -0.4 is 0 Å². The molecule has 0 aromatic heterocycles. The summed E-state index contributed by atoms with van der Waals surface area (Å²) in [4.78, 5) is 0. The van der Waals surface area contributed by atoms with Gasteiger partial charge in [-0.3, -0.25) is 0 Å². The molecule has 0 atom stereocenters. The Kier molecular flexibility index (Phi) is 4.76. The van der Waals surface area contributed by atoms with Crippen LogP contribution in [0.4, 0.5) is 0 Å². The maximum absolute atomic E-state index is 5.78. The van der Waals surface area contributed by atoms with Gasteiger partial charge in [-0.25, -0.2) is 0 Å². The maximum atomic E-state index is 5.78. The Morgan fingerprint density at radius 3 is 1.87 bits per heavy atom. The second kappa shape index (κ2) is 5.43. The predicted octanol–water partition coefficient (Wildman–Crippen LogP) is 3.42. The summed E-state index contributed by atoms with van der Waals surface area (Å²) in [6.45, 7) is 2.18. The van der Waals surface area contributed by atoms with Crippen molar-refractivity contribution in [3.63, 3.8) is 0 Å². The molecule has 0 bridgehead atoms. The SMILES string of the molecule is CC([O][Zr])(C1=CC=CC1)C1=CC=CC1.Cl. The molecule has 0 aliphatic heterocycles. The van der Waals surface area contributed by atoms with Crippen molar-refractivity contribution in [3.05, 3.63) is 47.6 Å². The number of rotatable bonds is 3. The molecule has 0 fully saturated rings. The minimum atomic E-state index is -0.161. The van der Waals surface area contributed by atoms with Gasteiger partial charge < -0.3 is 0 Å². The van der Waals surface area contributed by atoms with Gasteiger partial charge in [-0.2, -0.15) is 0 Å². The van der Waals surface area contributed by atoms with Crippen molar-refractivity contribution >= 4 is 12.4 Å². The normalized spacial score (nSPS) is 18.7. The molecule has 2 aliphatic rings. The molecule has 0 saturated carbocycles. The van der Waals surface area contributed by atoms with Crippen LogP contribution in [0.5, 0.6) is 0 Å². The average molecular weight is 301 g/mol. The summed E-state index contributed by atoms with van der Waals surface area (Å²) >= 11 is 1.13. The molecule has 2 aliphatic carbocycles. The van der Waals surface area contributed by atoms with E-state index in [-0.39, 0.29) is 18.0 Å². The van der Waals surface area contributed by atoms with Gasteiger partial charge in [-0.1, -0.05) is 0 Å². The third-order valence-electron chi connectivity index (χ3n) is 2.97. The van der Waals surface area contributed by atoms with Gasteiger partial charge in [0.1, 0.15) is 0 Å². The zero-order valence-corrected chi connectivity index (χ0v) is 12.0. The molecule has 15 heavy (non-hydrogen) atoms. The summed E-state index contributed by atoms with van der Waals surface area (Å²) in [6, 6.07) is 0. The monoisotopic (exact) mass is 299 g/mol. The van der Waals surface area contributed by atoms with E-state index in [4.69, 9.17) is 2.81 Å². The molecular weight excluding hydrogens is 287 g/mol. The van der Waals surface area contributed by atoms with Crippen molar-refractivity contribution in [2.45, 2.75) is 25.4 Å². The topological polar surface area (TPSA) is 9.23 Å². The van der Waals surface area contributed by atoms with Crippen LogP contribution in [0.15, 0.2) is 47.6 Å². The fourth-order valence-corrected chi connectivity index (χ4v) is 2.58. The Morgan fingerprint density at radius 1 is 1.13 bits per heavy atom. The Hall–Kier alpha value is 0.0931. The second-order valence-electron chi connectivity index (χ2n) is 3.78. The largest absolute Gasteiger partial charge is 0.147 e. The van der Waals surface area contributed by atoms with Crippen molar-refractivity contribution in [1.82, 2.24) is 0 Å². The molecule has 79 valence electrons. The van der Waals surface area contributed by atoms with E-state index in [2.05, 4.69) is 43.4 Å². The summed E-state index contributed by atoms with van der Waals surface area (Å²) in [6.07, 6.45) is 15.0. The van der Waals surface area contributed by atoms with Crippen LogP contribution in [0.25, 0.3) is 0 Å². The van der Waals surface area contributed by atoms with Crippen LogP contribution in [-0.4, -0.2) is 5.60 Å². The number of hydrogen-bond acceptors (Lipinski definition) is 1. The molecule has 0 radical (unpaired) electrons. The molecule has 0 spiro atoms. The molecule has 0 unspecified atom stereocenters. The van der Waals surface area contributed by atoms with Crippen LogP contribution in [0.1, 0.15) is 19.8 Å². The van der Waals surface area contributed by atoms with Gasteiger partial charge in [0.25, 0.3) is 0 Å². The molecule has 0 N–H and O–H groups in total. The fourth-order valence-electron chi connectivity index (χ4n) is 1.94. The van der Waals surface area contributed by atoms with Crippen LogP contribution in [0.3, 0.4) is 0 Å². The van der Waals surface area contributed by atoms with Crippen molar-refractivity contribution < 1.29 is 28.0 Å². The van der Waals surface area contributed by atoms with Crippen molar-refractivity contribution in [1.29, 1.82) is 0 Å². The zero-order chi connectivity index (χ0) is 10.0. The van der Waals surface area contributed by atoms with Crippen LogP contribution >= 0.6 is 12.4 Å². The fraction of sp³-hybridized carbons (Fsp3) is 0.333. The van der Waals surface area contributed by atoms with Gasteiger partial charge in [0.05, 0.1) is 0 Å². The zero-order valence-electron chi connectivity index (χ0n) is 8.69. The molecule has 0 aromatic rings. The van der Waals surface area contributed by atoms with Crippen molar-refractivity contribution in [3.8, 4) is 0 Å². The maximum Gasteiger partial charge on any atom is -0.147 e. The molecular formula is C12H14ClOZr. The first kappa shape index (κ1) is 13.2. The first-order valence-corrected chi connectivity index (χ1v) is 5.85. The van der Waals surface area contributed by atoms with E-state index in [0.717, 1.165) is 38.0 Å². The molecule has 0 saturated heterocycles. The van der Waals surface area contributed by atoms with E-state index in [0.29, 0.717) is 0 Å². The van der Waals surface area contributed by atoms with Crippen molar-refractivity contribution in [2.24, 2.45) is 0 Å². The Balaban J connectivity index is 0.00000112. The Bertz CT molecular complexity index is 323. The minimum Gasteiger partial charge on any atom is -0.147 e. The van der Waals surface area contributed by atoms with E-state index in [1.165, 1.54) is 11.1 Å². The Labute approximate surface area is 113 Å². The number of allylic oxidation sites excluding steroid dienone is 6. The summed E-state index contributed by atoms with van der Waals surface area (Å²) in [5.41, 5.74) is 2.60. The van der Waals surface area contributed by atoms with Gasteiger partial charge in [0.2, 0.25) is 0 Å². The van der Waals surface area contributed by atoms with Gasteiger partial charge in [0, 0.05) is 0 Å². The summed E-state index contributed by atoms with van der Waals surface area (Å²) < 4.78 is 5.78. The first-order chi connectivity index (χ1) is 6.77. The Morgan fingerprint density at radius 2 is 1.60 bits per heavy atom. The van der Waals surface area contributed by atoms with Gasteiger partial charge >= 0.3 is 101 Å². The average Bonchev–Trinajstić information content (AvgIpc) is 2.88. The smallest absolute Gasteiger partial charge is 0.147 e. The molecule has 0 aromatic carbocycles. The van der Waals surface area contributed by atoms with E-state index >= 15 is 0 Å². The van der Waals surface area contributed by atoms with Gasteiger partial charge in [0.15, 0.2) is 0 Å². The molecule has 2 rings (SSSR count). The molecule has 1 nitrogen and oxygen atoms in total. The molecule has 3 heteroatoms. The van der Waals surface area contributed by atoms with Crippen LogP contribution in [-0.2, 0) is 28.0 Å². The van der Waals surface area contributed by atoms with Gasteiger partial charge in [-0.15, -0.1) is 12.4 Å². The molecule has 0 heterocycles. The van der Waals surface area contributed by atoms with Crippen molar-refractivity contribution in [2.75, 3.05) is 0 Å².